The molecule has 0 bridgehead atoms. The van der Waals surface area contributed by atoms with Crippen LogP contribution in [0.2, 0.25) is 0 Å². The van der Waals surface area contributed by atoms with Crippen LogP contribution < -0.4 is 15.6 Å². The van der Waals surface area contributed by atoms with Crippen molar-refractivity contribution in [1.82, 2.24) is 25.3 Å². The molecule has 0 saturated carbocycles. The summed E-state index contributed by atoms with van der Waals surface area (Å²) in [6, 6.07) is 12.2. The van der Waals surface area contributed by atoms with E-state index in [1.165, 1.54) is 6.07 Å². The minimum absolute atomic E-state index is 0.267. The number of aryl methyl sites for hydroxylation is 1. The monoisotopic (exact) mass is 417 g/mol. The topological polar surface area (TPSA) is 113 Å². The number of aromatic nitrogens is 4. The highest BCUT2D eigenvalue weighted by atomic mass is 16.5. The van der Waals surface area contributed by atoms with Crippen LogP contribution in [0.1, 0.15) is 40.4 Å². The maximum atomic E-state index is 13.1. The predicted molar refractivity (Wildman–Crippen MR) is 117 cm³/mol. The maximum Gasteiger partial charge on any atom is 0.257 e. The molecule has 0 aliphatic rings. The van der Waals surface area contributed by atoms with Gasteiger partial charge in [0.1, 0.15) is 11.4 Å². The molecule has 0 spiro atoms. The van der Waals surface area contributed by atoms with Crippen molar-refractivity contribution in [2.45, 2.75) is 26.3 Å². The first-order valence-corrected chi connectivity index (χ1v) is 10.1. The smallest absolute Gasteiger partial charge is 0.257 e. The van der Waals surface area contributed by atoms with Gasteiger partial charge in [0.15, 0.2) is 0 Å². The minimum atomic E-state index is -0.526. The van der Waals surface area contributed by atoms with E-state index in [9.17, 15) is 9.59 Å². The molecule has 0 fully saturated rings. The number of para-hydroxylation sites is 1. The van der Waals surface area contributed by atoms with Gasteiger partial charge in [-0.25, -0.2) is 9.97 Å². The van der Waals surface area contributed by atoms with E-state index in [0.29, 0.717) is 30.1 Å². The Kier molecular flexibility index (Phi) is 5.79. The number of aromatic amines is 2. The molecule has 0 saturated heterocycles. The van der Waals surface area contributed by atoms with Gasteiger partial charge in [-0.3, -0.25) is 9.59 Å². The summed E-state index contributed by atoms with van der Waals surface area (Å²) < 4.78 is 5.50. The molecule has 8 nitrogen and oxygen atoms in total. The highest BCUT2D eigenvalue weighted by Gasteiger charge is 2.22. The van der Waals surface area contributed by atoms with E-state index in [0.717, 1.165) is 16.5 Å². The number of nitrogens with zero attached hydrogens (tertiary/aromatic N) is 2. The number of H-pyrrole nitrogens is 2. The molecule has 0 aliphatic heterocycles. The molecule has 1 aromatic carbocycles. The first-order valence-electron chi connectivity index (χ1n) is 10.1. The molecular weight excluding hydrogens is 394 g/mol. The van der Waals surface area contributed by atoms with E-state index in [1.807, 2.05) is 37.4 Å². The lowest BCUT2D eigenvalue weighted by Gasteiger charge is -2.19. The van der Waals surface area contributed by atoms with E-state index in [4.69, 9.17) is 4.74 Å². The molecule has 3 N–H and O–H groups in total. The number of benzene rings is 1. The second-order valence-electron chi connectivity index (χ2n) is 7.13. The number of fused-ring (bicyclic) bond motifs is 1. The summed E-state index contributed by atoms with van der Waals surface area (Å²) in [5, 5.41) is 4.07. The molecular formula is C23H23N5O3. The molecule has 4 rings (SSSR count). The van der Waals surface area contributed by atoms with Crippen molar-refractivity contribution in [2.24, 2.45) is 0 Å². The van der Waals surface area contributed by atoms with Crippen LogP contribution in [0.5, 0.6) is 5.88 Å². The average molecular weight is 417 g/mol. The first kappa shape index (κ1) is 20.3. The number of ether oxygens (including phenoxy) is 1. The number of hydrogen-bond acceptors (Lipinski definition) is 5. The number of rotatable bonds is 7. The van der Waals surface area contributed by atoms with Crippen molar-refractivity contribution in [1.29, 1.82) is 0 Å². The van der Waals surface area contributed by atoms with Crippen LogP contribution in [-0.2, 0) is 6.42 Å². The number of carbonyl (C=O) groups is 1. The SMILES string of the molecule is CCOc1ncccc1C(=O)N[C@@H](Cc1c[nH]c2ccccc12)c1cc(=O)[nH]c(C)n1. The van der Waals surface area contributed by atoms with Gasteiger partial charge in [-0.1, -0.05) is 18.2 Å². The number of hydrogen-bond donors (Lipinski definition) is 3. The van der Waals surface area contributed by atoms with Gasteiger partial charge in [0.25, 0.3) is 11.5 Å². The van der Waals surface area contributed by atoms with Crippen LogP contribution >= 0.6 is 0 Å². The van der Waals surface area contributed by atoms with Gasteiger partial charge in [0.05, 0.1) is 18.3 Å². The highest BCUT2D eigenvalue weighted by molar-refractivity contribution is 5.96. The van der Waals surface area contributed by atoms with Gasteiger partial charge in [0, 0.05) is 35.8 Å². The van der Waals surface area contributed by atoms with Crippen molar-refractivity contribution in [3.8, 4) is 5.88 Å². The third kappa shape index (κ3) is 4.48. The zero-order valence-corrected chi connectivity index (χ0v) is 17.3. The average Bonchev–Trinajstić information content (AvgIpc) is 3.16. The summed E-state index contributed by atoms with van der Waals surface area (Å²) >= 11 is 0. The van der Waals surface area contributed by atoms with Crippen molar-refractivity contribution in [3.05, 3.63) is 87.9 Å². The summed E-state index contributed by atoms with van der Waals surface area (Å²) in [6.07, 6.45) is 3.95. The number of pyridine rings is 1. The molecule has 31 heavy (non-hydrogen) atoms. The third-order valence-corrected chi connectivity index (χ3v) is 4.94. The van der Waals surface area contributed by atoms with Gasteiger partial charge in [-0.15, -0.1) is 0 Å². The van der Waals surface area contributed by atoms with Crippen molar-refractivity contribution < 1.29 is 9.53 Å². The van der Waals surface area contributed by atoms with Gasteiger partial charge < -0.3 is 20.0 Å². The van der Waals surface area contributed by atoms with Crippen LogP contribution in [0.25, 0.3) is 10.9 Å². The van der Waals surface area contributed by atoms with Crippen molar-refractivity contribution in [3.63, 3.8) is 0 Å². The quantitative estimate of drug-likeness (QED) is 0.428. The summed E-state index contributed by atoms with van der Waals surface area (Å²) in [5.74, 6) is 0.404. The Morgan fingerprint density at radius 3 is 2.87 bits per heavy atom. The number of carbonyl (C=O) groups excluding carboxylic acids is 1. The number of nitrogens with one attached hydrogen (secondary N) is 3. The fourth-order valence-electron chi connectivity index (χ4n) is 3.58. The maximum absolute atomic E-state index is 13.1. The second kappa shape index (κ2) is 8.83. The summed E-state index contributed by atoms with van der Waals surface area (Å²) in [7, 11) is 0. The van der Waals surface area contributed by atoms with Crippen molar-refractivity contribution in [2.75, 3.05) is 6.61 Å². The van der Waals surface area contributed by atoms with E-state index >= 15 is 0 Å². The zero-order chi connectivity index (χ0) is 21.8. The third-order valence-electron chi connectivity index (χ3n) is 4.94. The molecule has 4 aromatic rings. The molecule has 1 atom stereocenters. The predicted octanol–water partition coefficient (Wildman–Crippen LogP) is 3.07. The van der Waals surface area contributed by atoms with Crippen LogP contribution in [0.3, 0.4) is 0 Å². The molecule has 8 heteroatoms. The van der Waals surface area contributed by atoms with Crippen LogP contribution in [-0.4, -0.2) is 32.4 Å². The van der Waals surface area contributed by atoms with Crippen molar-refractivity contribution >= 4 is 16.8 Å². The summed E-state index contributed by atoms with van der Waals surface area (Å²) in [4.78, 5) is 39.7. The van der Waals surface area contributed by atoms with Crippen LogP contribution in [0, 0.1) is 6.92 Å². The molecule has 3 aromatic heterocycles. The Balaban J connectivity index is 1.70. The highest BCUT2D eigenvalue weighted by Crippen LogP contribution is 2.24. The fraction of sp³-hybridized carbons (Fsp3) is 0.217. The standard InChI is InChI=1S/C23H23N5O3/c1-3-31-23-17(8-6-10-24-23)22(30)28-19(20-12-21(29)27-14(2)26-20)11-15-13-25-18-9-5-4-7-16(15)18/h4-10,12-13,19,25H,3,11H2,1-2H3,(H,28,30)(H,26,27,29)/t19-/m0/s1. The molecule has 0 unspecified atom stereocenters. The Bertz CT molecular complexity index is 1280. The fourth-order valence-corrected chi connectivity index (χ4v) is 3.58. The lowest BCUT2D eigenvalue weighted by Crippen LogP contribution is -2.32. The van der Waals surface area contributed by atoms with Crippen LogP contribution in [0.4, 0.5) is 0 Å². The molecule has 0 radical (unpaired) electrons. The molecule has 1 amide bonds. The van der Waals surface area contributed by atoms with E-state index in [-0.39, 0.29) is 17.3 Å². The number of amides is 1. The summed E-state index contributed by atoms with van der Waals surface area (Å²) in [6.45, 7) is 3.94. The lowest BCUT2D eigenvalue weighted by atomic mass is 10.0. The molecule has 3 heterocycles. The van der Waals surface area contributed by atoms with E-state index in [1.54, 1.807) is 25.3 Å². The normalized spacial score (nSPS) is 11.9. The minimum Gasteiger partial charge on any atom is -0.477 e. The van der Waals surface area contributed by atoms with E-state index < -0.39 is 6.04 Å². The largest absolute Gasteiger partial charge is 0.477 e. The van der Waals surface area contributed by atoms with Gasteiger partial charge >= 0.3 is 0 Å². The zero-order valence-electron chi connectivity index (χ0n) is 17.3. The summed E-state index contributed by atoms with van der Waals surface area (Å²) in [5.41, 5.74) is 2.56. The Morgan fingerprint density at radius 1 is 1.23 bits per heavy atom. The van der Waals surface area contributed by atoms with Gasteiger partial charge in [-0.05, 0) is 37.6 Å². The van der Waals surface area contributed by atoms with E-state index in [2.05, 4.69) is 25.3 Å². The Morgan fingerprint density at radius 2 is 2.06 bits per heavy atom. The first-order chi connectivity index (χ1) is 15.0. The second-order valence-corrected chi connectivity index (χ2v) is 7.13. The molecule has 158 valence electrons. The van der Waals surface area contributed by atoms with Gasteiger partial charge in [-0.2, -0.15) is 0 Å². The molecule has 0 aliphatic carbocycles. The lowest BCUT2D eigenvalue weighted by molar-refractivity contribution is 0.0931. The van der Waals surface area contributed by atoms with Gasteiger partial charge in [0.2, 0.25) is 5.88 Å². The van der Waals surface area contributed by atoms with Crippen LogP contribution in [0.15, 0.2) is 59.7 Å². The Hall–Kier alpha value is -3.94. The Labute approximate surface area is 178 Å².